The van der Waals surface area contributed by atoms with Crippen LogP contribution in [0.3, 0.4) is 0 Å². The number of hydrogen-bond acceptors (Lipinski definition) is 3. The zero-order valence-corrected chi connectivity index (χ0v) is 9.62. The number of hydrogen-bond donors (Lipinski definition) is 4. The molecule has 1 aliphatic rings. The third-order valence-electron chi connectivity index (χ3n) is 2.94. The highest BCUT2D eigenvalue weighted by Gasteiger charge is 2.39. The van der Waals surface area contributed by atoms with Crippen molar-refractivity contribution >= 4 is 11.9 Å². The van der Waals surface area contributed by atoms with Crippen molar-refractivity contribution in [3.05, 3.63) is 0 Å². The van der Waals surface area contributed by atoms with Gasteiger partial charge in [0, 0.05) is 6.54 Å². The van der Waals surface area contributed by atoms with Gasteiger partial charge in [-0.1, -0.05) is 24.9 Å². The van der Waals surface area contributed by atoms with Gasteiger partial charge < -0.3 is 21.6 Å². The summed E-state index contributed by atoms with van der Waals surface area (Å²) >= 11 is 0. The van der Waals surface area contributed by atoms with E-state index >= 15 is 0 Å². The smallest absolute Gasteiger partial charge is 0.315 e. The first-order chi connectivity index (χ1) is 7.64. The number of amides is 2. The minimum absolute atomic E-state index is 0.0941. The van der Waals surface area contributed by atoms with Crippen LogP contribution in [0.5, 0.6) is 0 Å². The van der Waals surface area contributed by atoms with E-state index in [-0.39, 0.29) is 11.9 Å². The minimum atomic E-state index is -0.660. The molecule has 6 heteroatoms. The first-order valence-electron chi connectivity index (χ1n) is 5.68. The number of nitrogens with zero attached hydrogens (tertiary/aromatic N) is 1. The standard InChI is InChI=1S/C10H20N4O2/c1-2-7-12-9(15)13-10(8(11)14-16)5-3-4-6-10/h16H,2-7H2,1H3,(H2,11,14)(H2,12,13,15). The van der Waals surface area contributed by atoms with Crippen LogP contribution in [0.4, 0.5) is 4.79 Å². The lowest BCUT2D eigenvalue weighted by Crippen LogP contribution is -2.58. The highest BCUT2D eigenvalue weighted by molar-refractivity contribution is 5.93. The van der Waals surface area contributed by atoms with Crippen LogP contribution in [0.25, 0.3) is 0 Å². The number of rotatable bonds is 4. The Morgan fingerprint density at radius 2 is 2.12 bits per heavy atom. The molecule has 0 aliphatic heterocycles. The Bertz CT molecular complexity index is 272. The Labute approximate surface area is 95.3 Å². The average molecular weight is 228 g/mol. The van der Waals surface area contributed by atoms with Gasteiger partial charge in [0.2, 0.25) is 0 Å². The van der Waals surface area contributed by atoms with Crippen LogP contribution in [0.2, 0.25) is 0 Å². The minimum Gasteiger partial charge on any atom is -0.409 e. The van der Waals surface area contributed by atoms with Crippen LogP contribution in [-0.2, 0) is 0 Å². The van der Waals surface area contributed by atoms with Crippen molar-refractivity contribution in [3.8, 4) is 0 Å². The summed E-state index contributed by atoms with van der Waals surface area (Å²) in [6, 6.07) is -0.254. The largest absolute Gasteiger partial charge is 0.409 e. The van der Waals surface area contributed by atoms with Crippen LogP contribution in [0, 0.1) is 0 Å². The Balaban J connectivity index is 2.61. The maximum Gasteiger partial charge on any atom is 0.315 e. The molecule has 0 heterocycles. The van der Waals surface area contributed by atoms with Crippen LogP contribution < -0.4 is 16.4 Å². The number of carbonyl (C=O) groups is 1. The fourth-order valence-corrected chi connectivity index (χ4v) is 2.02. The summed E-state index contributed by atoms with van der Waals surface area (Å²) in [6.07, 6.45) is 4.28. The van der Waals surface area contributed by atoms with Crippen molar-refractivity contribution in [2.45, 2.75) is 44.6 Å². The van der Waals surface area contributed by atoms with Crippen molar-refractivity contribution in [2.75, 3.05) is 6.54 Å². The van der Waals surface area contributed by atoms with Crippen LogP contribution in [-0.4, -0.2) is 29.2 Å². The Morgan fingerprint density at radius 1 is 1.50 bits per heavy atom. The molecular formula is C10H20N4O2. The number of carbonyl (C=O) groups excluding carboxylic acids is 1. The second kappa shape index (κ2) is 5.58. The quantitative estimate of drug-likeness (QED) is 0.247. The van der Waals surface area contributed by atoms with Crippen molar-refractivity contribution in [1.82, 2.24) is 10.6 Å². The molecule has 0 spiro atoms. The fourth-order valence-electron chi connectivity index (χ4n) is 2.02. The summed E-state index contributed by atoms with van der Waals surface area (Å²) in [7, 11) is 0. The lowest BCUT2D eigenvalue weighted by Gasteiger charge is -2.28. The second-order valence-corrected chi connectivity index (χ2v) is 4.16. The van der Waals surface area contributed by atoms with Gasteiger partial charge in [-0.2, -0.15) is 0 Å². The van der Waals surface area contributed by atoms with E-state index in [0.29, 0.717) is 6.54 Å². The van der Waals surface area contributed by atoms with Crippen molar-refractivity contribution in [3.63, 3.8) is 0 Å². The first-order valence-corrected chi connectivity index (χ1v) is 5.68. The molecule has 0 bridgehead atoms. The molecule has 0 aromatic heterocycles. The van der Waals surface area contributed by atoms with E-state index in [4.69, 9.17) is 10.9 Å². The molecule has 5 N–H and O–H groups in total. The lowest BCUT2D eigenvalue weighted by molar-refractivity contribution is 0.232. The highest BCUT2D eigenvalue weighted by atomic mass is 16.4. The lowest BCUT2D eigenvalue weighted by atomic mass is 9.96. The van der Waals surface area contributed by atoms with Gasteiger partial charge in [0.25, 0.3) is 0 Å². The summed E-state index contributed by atoms with van der Waals surface area (Å²) < 4.78 is 0. The third kappa shape index (κ3) is 2.77. The average Bonchev–Trinajstić information content (AvgIpc) is 2.75. The molecule has 0 unspecified atom stereocenters. The van der Waals surface area contributed by atoms with Crippen molar-refractivity contribution in [2.24, 2.45) is 10.9 Å². The molecule has 0 saturated heterocycles. The Kier molecular flexibility index (Phi) is 4.39. The van der Waals surface area contributed by atoms with Gasteiger partial charge in [-0.15, -0.1) is 0 Å². The normalized spacial score (nSPS) is 19.4. The van der Waals surface area contributed by atoms with Gasteiger partial charge in [-0.25, -0.2) is 4.79 Å². The van der Waals surface area contributed by atoms with E-state index in [1.54, 1.807) is 0 Å². The van der Waals surface area contributed by atoms with Gasteiger partial charge in [0.1, 0.15) is 5.54 Å². The van der Waals surface area contributed by atoms with E-state index in [0.717, 1.165) is 32.1 Å². The molecule has 1 fully saturated rings. The zero-order chi connectivity index (χ0) is 12.0. The van der Waals surface area contributed by atoms with Gasteiger partial charge in [-0.3, -0.25) is 0 Å². The predicted molar refractivity (Wildman–Crippen MR) is 61.4 cm³/mol. The second-order valence-electron chi connectivity index (χ2n) is 4.16. The van der Waals surface area contributed by atoms with E-state index in [1.165, 1.54) is 0 Å². The van der Waals surface area contributed by atoms with E-state index < -0.39 is 5.54 Å². The fraction of sp³-hybridized carbons (Fsp3) is 0.800. The number of oxime groups is 1. The molecule has 92 valence electrons. The van der Waals surface area contributed by atoms with Crippen molar-refractivity contribution in [1.29, 1.82) is 0 Å². The topological polar surface area (TPSA) is 99.7 Å². The highest BCUT2D eigenvalue weighted by Crippen LogP contribution is 2.29. The van der Waals surface area contributed by atoms with Gasteiger partial charge in [0.15, 0.2) is 5.84 Å². The summed E-state index contributed by atoms with van der Waals surface area (Å²) in [5.41, 5.74) is 4.99. The SMILES string of the molecule is CCCNC(=O)NC1(/C(N)=N/O)CCCC1. The summed E-state index contributed by atoms with van der Waals surface area (Å²) in [4.78, 5) is 11.6. The first kappa shape index (κ1) is 12.6. The van der Waals surface area contributed by atoms with Crippen LogP contribution in [0.15, 0.2) is 5.16 Å². The molecule has 0 aromatic carbocycles. The third-order valence-corrected chi connectivity index (χ3v) is 2.94. The van der Waals surface area contributed by atoms with Crippen molar-refractivity contribution < 1.29 is 10.0 Å². The summed E-state index contributed by atoms with van der Waals surface area (Å²) in [5, 5.41) is 17.3. The van der Waals surface area contributed by atoms with Gasteiger partial charge >= 0.3 is 6.03 Å². The Hall–Kier alpha value is -1.46. The predicted octanol–water partition coefficient (Wildman–Crippen LogP) is 0.755. The van der Waals surface area contributed by atoms with Crippen LogP contribution >= 0.6 is 0 Å². The summed E-state index contributed by atoms with van der Waals surface area (Å²) in [6.45, 7) is 2.60. The molecule has 0 atom stereocenters. The molecule has 2 amide bonds. The molecule has 1 aliphatic carbocycles. The molecule has 0 aromatic rings. The Morgan fingerprint density at radius 3 is 2.62 bits per heavy atom. The monoisotopic (exact) mass is 228 g/mol. The maximum absolute atomic E-state index is 11.6. The number of nitrogens with one attached hydrogen (secondary N) is 2. The van der Waals surface area contributed by atoms with E-state index in [1.807, 2.05) is 6.92 Å². The molecule has 1 saturated carbocycles. The molecule has 6 nitrogen and oxygen atoms in total. The van der Waals surface area contributed by atoms with E-state index in [2.05, 4.69) is 15.8 Å². The molecule has 0 radical (unpaired) electrons. The van der Waals surface area contributed by atoms with E-state index in [9.17, 15) is 4.79 Å². The van der Waals surface area contributed by atoms with Gasteiger partial charge in [0.05, 0.1) is 0 Å². The molecule has 16 heavy (non-hydrogen) atoms. The number of urea groups is 1. The molecule has 1 rings (SSSR count). The number of amidine groups is 1. The summed E-state index contributed by atoms with van der Waals surface area (Å²) in [5.74, 6) is 0.0941. The van der Waals surface area contributed by atoms with Crippen LogP contribution in [0.1, 0.15) is 39.0 Å². The molecular weight excluding hydrogens is 208 g/mol. The number of nitrogens with two attached hydrogens (primary N) is 1. The zero-order valence-electron chi connectivity index (χ0n) is 9.62. The maximum atomic E-state index is 11.6. The van der Waals surface area contributed by atoms with Gasteiger partial charge in [-0.05, 0) is 19.3 Å².